The molecule has 1 aromatic carbocycles. The summed E-state index contributed by atoms with van der Waals surface area (Å²) in [6.07, 6.45) is 3.44. The lowest BCUT2D eigenvalue weighted by Gasteiger charge is -2.43. The average molecular weight is 306 g/mol. The maximum Gasteiger partial charge on any atom is 0.128 e. The number of nitrogens with one attached hydrogen (secondary N) is 2. The summed E-state index contributed by atoms with van der Waals surface area (Å²) in [4.78, 5) is 2.62. The van der Waals surface area contributed by atoms with Crippen LogP contribution >= 0.6 is 0 Å². The van der Waals surface area contributed by atoms with Gasteiger partial charge in [0.05, 0.1) is 11.4 Å². The van der Waals surface area contributed by atoms with Crippen molar-refractivity contribution in [3.63, 3.8) is 0 Å². The molecule has 0 bridgehead atoms. The van der Waals surface area contributed by atoms with E-state index < -0.39 is 0 Å². The molecule has 1 atom stereocenters. The van der Waals surface area contributed by atoms with E-state index in [0.29, 0.717) is 22.8 Å². The van der Waals surface area contributed by atoms with E-state index in [9.17, 15) is 4.39 Å². The molecule has 4 nitrogen and oxygen atoms in total. The zero-order valence-corrected chi connectivity index (χ0v) is 13.6. The Morgan fingerprint density at radius 3 is 2.73 bits per heavy atom. The first-order valence-electron chi connectivity index (χ1n) is 8.26. The monoisotopic (exact) mass is 306 g/mol. The van der Waals surface area contributed by atoms with Crippen LogP contribution < -0.4 is 16.4 Å². The summed E-state index contributed by atoms with van der Waals surface area (Å²) in [6.45, 7) is 8.57. The van der Waals surface area contributed by atoms with Crippen LogP contribution in [0.2, 0.25) is 0 Å². The van der Waals surface area contributed by atoms with Gasteiger partial charge in [0, 0.05) is 31.2 Å². The van der Waals surface area contributed by atoms with Crippen LogP contribution in [0, 0.1) is 12.7 Å². The molecule has 2 aliphatic heterocycles. The number of nitrogens with two attached hydrogens (primary N) is 1. The first kappa shape index (κ1) is 15.6. The van der Waals surface area contributed by atoms with Gasteiger partial charge in [0.25, 0.3) is 0 Å². The molecule has 5 heteroatoms. The number of hydrogen-bond acceptors (Lipinski definition) is 4. The molecule has 2 saturated heterocycles. The van der Waals surface area contributed by atoms with Crippen molar-refractivity contribution >= 4 is 11.4 Å². The first-order chi connectivity index (χ1) is 10.5. The summed E-state index contributed by atoms with van der Waals surface area (Å²) in [5, 5.41) is 6.98. The lowest BCUT2D eigenvalue weighted by atomic mass is 9.94. The molecule has 4 N–H and O–H groups in total. The van der Waals surface area contributed by atoms with Gasteiger partial charge in [-0.05, 0) is 57.4 Å². The second-order valence-corrected chi connectivity index (χ2v) is 7.02. The van der Waals surface area contributed by atoms with E-state index in [1.807, 2.05) is 6.07 Å². The Kier molecular flexibility index (Phi) is 4.28. The number of piperidine rings is 1. The van der Waals surface area contributed by atoms with Crippen molar-refractivity contribution in [1.29, 1.82) is 0 Å². The second-order valence-electron chi connectivity index (χ2n) is 7.02. The van der Waals surface area contributed by atoms with Gasteiger partial charge < -0.3 is 16.4 Å². The molecule has 0 radical (unpaired) electrons. The van der Waals surface area contributed by atoms with Gasteiger partial charge in [-0.15, -0.1) is 0 Å². The van der Waals surface area contributed by atoms with Crippen molar-refractivity contribution in [2.24, 2.45) is 0 Å². The Bertz CT molecular complexity index is 532. The molecule has 3 rings (SSSR count). The third kappa shape index (κ3) is 3.06. The highest BCUT2D eigenvalue weighted by atomic mass is 19.1. The van der Waals surface area contributed by atoms with E-state index in [1.165, 1.54) is 12.5 Å². The number of nitrogens with zero attached hydrogens (tertiary/aromatic N) is 1. The van der Waals surface area contributed by atoms with Crippen molar-refractivity contribution in [1.82, 2.24) is 10.2 Å². The number of nitrogen functional groups attached to an aromatic ring is 1. The Morgan fingerprint density at radius 1 is 1.36 bits per heavy atom. The number of likely N-dealkylation sites (tertiary alicyclic amines) is 1. The molecule has 1 unspecified atom stereocenters. The highest BCUT2D eigenvalue weighted by molar-refractivity contribution is 5.67. The van der Waals surface area contributed by atoms with Gasteiger partial charge in [-0.2, -0.15) is 0 Å². The summed E-state index contributed by atoms with van der Waals surface area (Å²) >= 11 is 0. The summed E-state index contributed by atoms with van der Waals surface area (Å²) in [6, 6.07) is 3.65. The summed E-state index contributed by atoms with van der Waals surface area (Å²) in [5.41, 5.74) is 8.25. The van der Waals surface area contributed by atoms with Crippen LogP contribution in [0.4, 0.5) is 15.8 Å². The lowest BCUT2D eigenvalue weighted by Crippen LogP contribution is -2.52. The fourth-order valence-corrected chi connectivity index (χ4v) is 3.68. The molecule has 1 aromatic rings. The number of hydrogen-bond donors (Lipinski definition) is 3. The van der Waals surface area contributed by atoms with Crippen molar-refractivity contribution in [2.45, 2.75) is 44.7 Å². The van der Waals surface area contributed by atoms with Gasteiger partial charge >= 0.3 is 0 Å². The van der Waals surface area contributed by atoms with E-state index >= 15 is 0 Å². The number of halogens is 1. The molecule has 2 fully saturated rings. The van der Waals surface area contributed by atoms with Crippen molar-refractivity contribution < 1.29 is 4.39 Å². The molecule has 0 amide bonds. The maximum atomic E-state index is 13.5. The number of aryl methyl sites for hydroxylation is 1. The summed E-state index contributed by atoms with van der Waals surface area (Å²) in [5.74, 6) is -0.237. The number of rotatable bonds is 3. The van der Waals surface area contributed by atoms with Crippen LogP contribution in [-0.4, -0.2) is 42.7 Å². The van der Waals surface area contributed by atoms with Gasteiger partial charge in [-0.25, -0.2) is 4.39 Å². The Balaban J connectivity index is 1.59. The van der Waals surface area contributed by atoms with E-state index in [0.717, 1.165) is 44.7 Å². The molecule has 0 aliphatic carbocycles. The molecule has 0 saturated carbocycles. The van der Waals surface area contributed by atoms with Crippen LogP contribution in [0.15, 0.2) is 12.1 Å². The molecular weight excluding hydrogens is 279 g/mol. The first-order valence-corrected chi connectivity index (χ1v) is 8.26. The Labute approximate surface area is 132 Å². The number of anilines is 2. The quantitative estimate of drug-likeness (QED) is 0.750. The average Bonchev–Trinajstić information content (AvgIpc) is 2.93. The van der Waals surface area contributed by atoms with Crippen molar-refractivity contribution in [3.05, 3.63) is 23.5 Å². The summed E-state index contributed by atoms with van der Waals surface area (Å²) < 4.78 is 13.5. The zero-order valence-electron chi connectivity index (χ0n) is 13.6. The maximum absolute atomic E-state index is 13.5. The second kappa shape index (κ2) is 6.05. The van der Waals surface area contributed by atoms with Gasteiger partial charge in [0.15, 0.2) is 0 Å². The van der Waals surface area contributed by atoms with Gasteiger partial charge in [0.2, 0.25) is 0 Å². The molecule has 2 aliphatic rings. The lowest BCUT2D eigenvalue weighted by molar-refractivity contribution is 0.0922. The minimum atomic E-state index is -0.237. The predicted octanol–water partition coefficient (Wildman–Crippen LogP) is 2.34. The van der Waals surface area contributed by atoms with Crippen LogP contribution in [0.5, 0.6) is 0 Å². The van der Waals surface area contributed by atoms with Crippen LogP contribution in [0.25, 0.3) is 0 Å². The minimum Gasteiger partial charge on any atom is -0.397 e. The molecule has 2 heterocycles. The third-order valence-electron chi connectivity index (χ3n) is 5.30. The van der Waals surface area contributed by atoms with E-state index in [4.69, 9.17) is 5.73 Å². The largest absolute Gasteiger partial charge is 0.397 e. The standard InChI is InChI=1S/C17H27FN4/c1-12-9-16(15(19)10-14(12)18)21-13-3-7-22(8-4-13)17(2)5-6-20-11-17/h9-10,13,20-21H,3-8,11,19H2,1-2H3. The fourth-order valence-electron chi connectivity index (χ4n) is 3.68. The van der Waals surface area contributed by atoms with Crippen LogP contribution in [0.1, 0.15) is 31.7 Å². The topological polar surface area (TPSA) is 53.3 Å². The Hall–Kier alpha value is -1.33. The zero-order chi connectivity index (χ0) is 15.7. The summed E-state index contributed by atoms with van der Waals surface area (Å²) in [7, 11) is 0. The van der Waals surface area contributed by atoms with Crippen molar-refractivity contribution in [3.8, 4) is 0 Å². The molecule has 0 spiro atoms. The van der Waals surface area contributed by atoms with Crippen molar-refractivity contribution in [2.75, 3.05) is 37.2 Å². The van der Waals surface area contributed by atoms with E-state index in [1.54, 1.807) is 6.92 Å². The van der Waals surface area contributed by atoms with Crippen LogP contribution in [0.3, 0.4) is 0 Å². The highest BCUT2D eigenvalue weighted by Crippen LogP contribution is 2.29. The van der Waals surface area contributed by atoms with E-state index in [-0.39, 0.29) is 5.82 Å². The molecule has 122 valence electrons. The van der Waals surface area contributed by atoms with E-state index in [2.05, 4.69) is 22.5 Å². The fraction of sp³-hybridized carbons (Fsp3) is 0.647. The smallest absolute Gasteiger partial charge is 0.128 e. The highest BCUT2D eigenvalue weighted by Gasteiger charge is 2.36. The van der Waals surface area contributed by atoms with Crippen LogP contribution in [-0.2, 0) is 0 Å². The molecular formula is C17H27FN4. The number of benzene rings is 1. The normalized spacial score (nSPS) is 27.2. The molecule has 0 aromatic heterocycles. The van der Waals surface area contributed by atoms with Gasteiger partial charge in [0.1, 0.15) is 5.82 Å². The minimum absolute atomic E-state index is 0.237. The SMILES string of the molecule is Cc1cc(NC2CCN(C3(C)CCNC3)CC2)c(N)cc1F. The van der Waals surface area contributed by atoms with Gasteiger partial charge in [-0.1, -0.05) is 0 Å². The Morgan fingerprint density at radius 2 is 2.09 bits per heavy atom. The van der Waals surface area contributed by atoms with Gasteiger partial charge in [-0.3, -0.25) is 4.90 Å². The predicted molar refractivity (Wildman–Crippen MR) is 89.7 cm³/mol. The third-order valence-corrected chi connectivity index (χ3v) is 5.30. The molecule has 22 heavy (non-hydrogen) atoms.